The molecule has 3 atom stereocenters. The molecule has 2 aromatic carbocycles. The van der Waals surface area contributed by atoms with Crippen LogP contribution in [-0.2, 0) is 19.0 Å². The van der Waals surface area contributed by atoms with Gasteiger partial charge in [0.05, 0.1) is 17.0 Å². The van der Waals surface area contributed by atoms with Crippen LogP contribution < -0.4 is 0 Å². The van der Waals surface area contributed by atoms with Crippen LogP contribution in [0.5, 0.6) is 0 Å². The largest absolute Gasteiger partial charge is 0.458 e. The highest BCUT2D eigenvalue weighted by molar-refractivity contribution is 6.31. The summed E-state index contributed by atoms with van der Waals surface area (Å²) < 4.78 is 15.9. The summed E-state index contributed by atoms with van der Waals surface area (Å²) in [4.78, 5) is 36.4. The second-order valence-electron chi connectivity index (χ2n) is 6.25. The molecule has 6 nitrogen and oxygen atoms in total. The highest BCUT2D eigenvalue weighted by atomic mass is 35.5. The highest BCUT2D eigenvalue weighted by Crippen LogP contribution is 2.26. The Morgan fingerprint density at radius 2 is 1.43 bits per heavy atom. The predicted molar refractivity (Wildman–Crippen MR) is 101 cm³/mol. The lowest BCUT2D eigenvalue weighted by Gasteiger charge is -2.20. The molecule has 0 radical (unpaired) electrons. The molecule has 3 rings (SSSR count). The van der Waals surface area contributed by atoms with Gasteiger partial charge in [-0.15, -0.1) is 0 Å². The SMILES string of the molecule is C[C@@H]1C(=O)O[C@H](COC(=O)c2ccc(Cl)cc2)C1OC(=O)c1ccc(Cl)cc1. The Balaban J connectivity index is 1.64. The average molecular weight is 423 g/mol. The first-order valence-corrected chi connectivity index (χ1v) is 9.20. The fraction of sp³-hybridized carbons (Fsp3) is 0.250. The fourth-order valence-electron chi connectivity index (χ4n) is 2.69. The van der Waals surface area contributed by atoms with Gasteiger partial charge in [-0.3, -0.25) is 4.79 Å². The Hall–Kier alpha value is -2.57. The smallest absolute Gasteiger partial charge is 0.338 e. The number of hydrogen-bond acceptors (Lipinski definition) is 6. The van der Waals surface area contributed by atoms with Crippen LogP contribution >= 0.6 is 23.2 Å². The van der Waals surface area contributed by atoms with E-state index >= 15 is 0 Å². The van der Waals surface area contributed by atoms with Crippen LogP contribution in [0.4, 0.5) is 0 Å². The normalized spacial score (nSPS) is 21.1. The van der Waals surface area contributed by atoms with Crippen molar-refractivity contribution in [3.63, 3.8) is 0 Å². The van der Waals surface area contributed by atoms with Crippen LogP contribution in [0.1, 0.15) is 27.6 Å². The number of cyclic esters (lactones) is 1. The van der Waals surface area contributed by atoms with Crippen molar-refractivity contribution in [3.05, 3.63) is 69.7 Å². The van der Waals surface area contributed by atoms with Gasteiger partial charge in [0.15, 0.2) is 12.2 Å². The molecule has 8 heteroatoms. The monoisotopic (exact) mass is 422 g/mol. The summed E-state index contributed by atoms with van der Waals surface area (Å²) >= 11 is 11.6. The van der Waals surface area contributed by atoms with Gasteiger partial charge in [0.25, 0.3) is 0 Å². The lowest BCUT2D eigenvalue weighted by Crippen LogP contribution is -2.35. The molecule has 0 amide bonds. The van der Waals surface area contributed by atoms with E-state index in [9.17, 15) is 14.4 Å². The van der Waals surface area contributed by atoms with Crippen molar-refractivity contribution < 1.29 is 28.6 Å². The van der Waals surface area contributed by atoms with Crippen LogP contribution in [0.2, 0.25) is 10.0 Å². The van der Waals surface area contributed by atoms with Gasteiger partial charge in [0, 0.05) is 10.0 Å². The summed E-state index contributed by atoms with van der Waals surface area (Å²) in [5.74, 6) is -2.44. The second kappa shape index (κ2) is 8.63. The van der Waals surface area contributed by atoms with Crippen molar-refractivity contribution in [2.75, 3.05) is 6.61 Å². The van der Waals surface area contributed by atoms with Gasteiger partial charge in [0.2, 0.25) is 0 Å². The molecule has 1 saturated heterocycles. The number of carbonyl (C=O) groups is 3. The van der Waals surface area contributed by atoms with Crippen molar-refractivity contribution in [1.29, 1.82) is 0 Å². The van der Waals surface area contributed by atoms with E-state index in [1.807, 2.05) is 0 Å². The Labute approximate surface area is 171 Å². The Kier molecular flexibility index (Phi) is 6.21. The maximum atomic E-state index is 12.3. The molecule has 28 heavy (non-hydrogen) atoms. The van der Waals surface area contributed by atoms with Crippen molar-refractivity contribution in [2.45, 2.75) is 19.1 Å². The minimum absolute atomic E-state index is 0.240. The van der Waals surface area contributed by atoms with Gasteiger partial charge >= 0.3 is 17.9 Å². The standard InChI is InChI=1S/C20H16Cl2O6/c1-11-17(28-20(25)13-4-8-15(22)9-5-13)16(27-18(11)23)10-26-19(24)12-2-6-14(21)7-3-12/h2-9,11,16-17H,10H2,1H3/t11-,16+,17?/m0/s1. The van der Waals surface area contributed by atoms with E-state index in [4.69, 9.17) is 37.4 Å². The number of benzene rings is 2. The zero-order valence-electron chi connectivity index (χ0n) is 14.8. The first-order chi connectivity index (χ1) is 13.3. The van der Waals surface area contributed by atoms with Gasteiger partial charge < -0.3 is 14.2 Å². The molecule has 146 valence electrons. The lowest BCUT2D eigenvalue weighted by atomic mass is 10.0. The maximum Gasteiger partial charge on any atom is 0.338 e. The maximum absolute atomic E-state index is 12.3. The third-order valence-corrected chi connectivity index (χ3v) is 4.78. The van der Waals surface area contributed by atoms with Crippen molar-refractivity contribution in [2.24, 2.45) is 5.92 Å². The third kappa shape index (κ3) is 4.64. The van der Waals surface area contributed by atoms with Gasteiger partial charge in [-0.1, -0.05) is 23.2 Å². The molecular formula is C20H16Cl2O6. The van der Waals surface area contributed by atoms with Crippen molar-refractivity contribution in [1.82, 2.24) is 0 Å². The summed E-state index contributed by atoms with van der Waals surface area (Å²) in [5.41, 5.74) is 0.587. The second-order valence-corrected chi connectivity index (χ2v) is 7.12. The van der Waals surface area contributed by atoms with E-state index in [1.54, 1.807) is 31.2 Å². The summed E-state index contributed by atoms with van der Waals surface area (Å²) in [6.45, 7) is 1.35. The zero-order chi connectivity index (χ0) is 20.3. The molecule has 0 spiro atoms. The molecule has 1 fully saturated rings. The molecule has 0 N–H and O–H groups in total. The van der Waals surface area contributed by atoms with E-state index in [2.05, 4.69) is 0 Å². The molecule has 1 heterocycles. The van der Waals surface area contributed by atoms with E-state index < -0.39 is 36.0 Å². The highest BCUT2D eigenvalue weighted by Gasteiger charge is 2.45. The Morgan fingerprint density at radius 1 is 0.929 bits per heavy atom. The average Bonchev–Trinajstić information content (AvgIpc) is 2.95. The molecule has 1 aliphatic heterocycles. The van der Waals surface area contributed by atoms with Crippen LogP contribution in [-0.4, -0.2) is 36.7 Å². The van der Waals surface area contributed by atoms with Crippen LogP contribution in [0.15, 0.2) is 48.5 Å². The number of ether oxygens (including phenoxy) is 3. The van der Waals surface area contributed by atoms with E-state index in [0.717, 1.165) is 0 Å². The Morgan fingerprint density at radius 3 is 1.96 bits per heavy atom. The third-order valence-electron chi connectivity index (χ3n) is 4.28. The first-order valence-electron chi connectivity index (χ1n) is 8.45. The van der Waals surface area contributed by atoms with E-state index in [-0.39, 0.29) is 12.2 Å². The predicted octanol–water partition coefficient (Wildman–Crippen LogP) is 3.94. The molecular weight excluding hydrogens is 407 g/mol. The van der Waals surface area contributed by atoms with Gasteiger partial charge in [0.1, 0.15) is 6.61 Å². The van der Waals surface area contributed by atoms with Gasteiger partial charge in [-0.2, -0.15) is 0 Å². The lowest BCUT2D eigenvalue weighted by molar-refractivity contribution is -0.145. The van der Waals surface area contributed by atoms with Crippen LogP contribution in [0, 0.1) is 5.92 Å². The van der Waals surface area contributed by atoms with E-state index in [0.29, 0.717) is 15.6 Å². The van der Waals surface area contributed by atoms with E-state index in [1.165, 1.54) is 24.3 Å². The first kappa shape index (κ1) is 20.2. The number of rotatable bonds is 5. The molecule has 2 aromatic rings. The van der Waals surface area contributed by atoms with Crippen molar-refractivity contribution in [3.8, 4) is 0 Å². The molecule has 0 saturated carbocycles. The van der Waals surface area contributed by atoms with Gasteiger partial charge in [-0.05, 0) is 55.5 Å². The number of halogens is 2. The number of esters is 3. The summed E-state index contributed by atoms with van der Waals surface area (Å²) in [5, 5.41) is 0.973. The Bertz CT molecular complexity index is 879. The number of hydrogen-bond donors (Lipinski definition) is 0. The summed E-state index contributed by atoms with van der Waals surface area (Å²) in [7, 11) is 0. The summed E-state index contributed by atoms with van der Waals surface area (Å²) in [6.07, 6.45) is -1.77. The van der Waals surface area contributed by atoms with Crippen molar-refractivity contribution >= 4 is 41.1 Å². The quantitative estimate of drug-likeness (QED) is 0.536. The zero-order valence-corrected chi connectivity index (χ0v) is 16.3. The fourth-order valence-corrected chi connectivity index (χ4v) is 2.94. The topological polar surface area (TPSA) is 78.9 Å². The van der Waals surface area contributed by atoms with Crippen LogP contribution in [0.3, 0.4) is 0 Å². The van der Waals surface area contributed by atoms with Gasteiger partial charge in [-0.25, -0.2) is 9.59 Å². The molecule has 0 aliphatic carbocycles. The minimum atomic E-state index is -0.894. The minimum Gasteiger partial charge on any atom is -0.458 e. The number of carbonyl (C=O) groups excluding carboxylic acids is 3. The molecule has 0 aromatic heterocycles. The molecule has 1 aliphatic rings. The molecule has 1 unspecified atom stereocenters. The van der Waals surface area contributed by atoms with Crippen LogP contribution in [0.25, 0.3) is 0 Å². The summed E-state index contributed by atoms with van der Waals surface area (Å²) in [6, 6.07) is 12.3. The molecule has 0 bridgehead atoms.